The summed E-state index contributed by atoms with van der Waals surface area (Å²) in [5, 5.41) is 3.61. The second-order valence-corrected chi connectivity index (χ2v) is 8.06. The fraction of sp³-hybridized carbons (Fsp3) is 0.692. The van der Waals surface area contributed by atoms with Crippen LogP contribution in [0.4, 0.5) is 0 Å². The van der Waals surface area contributed by atoms with Gasteiger partial charge in [0.2, 0.25) is 0 Å². The second kappa shape index (κ2) is 7.93. The Balaban J connectivity index is 2.81. The molecular formula is C13H21Br2NS. The quantitative estimate of drug-likeness (QED) is 0.632. The van der Waals surface area contributed by atoms with Crippen LogP contribution in [0.3, 0.4) is 0 Å². The molecule has 1 aromatic heterocycles. The molecule has 1 heterocycles. The van der Waals surface area contributed by atoms with E-state index in [1.165, 1.54) is 32.4 Å². The van der Waals surface area contributed by atoms with Gasteiger partial charge in [-0.25, -0.2) is 0 Å². The fourth-order valence-corrected chi connectivity index (χ4v) is 5.09. The predicted octanol–water partition coefficient (Wildman–Crippen LogP) is 5.75. The third kappa shape index (κ3) is 4.66. The first-order valence-corrected chi connectivity index (χ1v) is 8.70. The maximum Gasteiger partial charge on any atom is 0.0758 e. The molecule has 1 rings (SSSR count). The number of hydrogen-bond donors (Lipinski definition) is 1. The Morgan fingerprint density at radius 2 is 1.88 bits per heavy atom. The van der Waals surface area contributed by atoms with Gasteiger partial charge in [-0.2, -0.15) is 0 Å². The zero-order valence-electron chi connectivity index (χ0n) is 10.7. The third-order valence-electron chi connectivity index (χ3n) is 3.23. The molecule has 0 aliphatic rings. The van der Waals surface area contributed by atoms with Crippen molar-refractivity contribution in [3.8, 4) is 0 Å². The van der Waals surface area contributed by atoms with Crippen molar-refractivity contribution in [2.45, 2.75) is 46.1 Å². The summed E-state index contributed by atoms with van der Waals surface area (Å²) < 4.78 is 2.45. The lowest BCUT2D eigenvalue weighted by Gasteiger charge is -2.22. The summed E-state index contributed by atoms with van der Waals surface area (Å²) in [5.74, 6) is 0.810. The van der Waals surface area contributed by atoms with Crippen LogP contribution in [0.1, 0.15) is 51.6 Å². The largest absolute Gasteiger partial charge is 0.310 e. The monoisotopic (exact) mass is 381 g/mol. The Hall–Kier alpha value is 0.620. The first-order chi connectivity index (χ1) is 8.12. The lowest BCUT2D eigenvalue weighted by atomic mass is 9.92. The van der Waals surface area contributed by atoms with Crippen LogP contribution in [0, 0.1) is 5.92 Å². The fourth-order valence-electron chi connectivity index (χ4n) is 2.11. The van der Waals surface area contributed by atoms with Crippen LogP contribution < -0.4 is 5.32 Å². The van der Waals surface area contributed by atoms with Crippen molar-refractivity contribution in [2.75, 3.05) is 6.54 Å². The zero-order chi connectivity index (χ0) is 12.8. The summed E-state index contributed by atoms with van der Waals surface area (Å²) in [6, 6.07) is 2.71. The van der Waals surface area contributed by atoms with Crippen molar-refractivity contribution in [3.05, 3.63) is 19.2 Å². The molecule has 1 nitrogen and oxygen atoms in total. The lowest BCUT2D eigenvalue weighted by molar-refractivity contribution is 0.375. The number of thiophene rings is 1. The lowest BCUT2D eigenvalue weighted by Crippen LogP contribution is -2.23. The average molecular weight is 383 g/mol. The minimum Gasteiger partial charge on any atom is -0.310 e. The van der Waals surface area contributed by atoms with E-state index in [1.807, 2.05) is 0 Å². The van der Waals surface area contributed by atoms with E-state index >= 15 is 0 Å². The van der Waals surface area contributed by atoms with E-state index in [9.17, 15) is 0 Å². The third-order valence-corrected chi connectivity index (χ3v) is 5.62. The minimum absolute atomic E-state index is 0.474. The highest BCUT2D eigenvalue weighted by Crippen LogP contribution is 2.38. The van der Waals surface area contributed by atoms with Crippen molar-refractivity contribution in [2.24, 2.45) is 5.92 Å². The van der Waals surface area contributed by atoms with Crippen molar-refractivity contribution in [3.63, 3.8) is 0 Å². The highest BCUT2D eigenvalue weighted by Gasteiger charge is 2.19. The van der Waals surface area contributed by atoms with Gasteiger partial charge in [0.1, 0.15) is 0 Å². The van der Waals surface area contributed by atoms with Gasteiger partial charge >= 0.3 is 0 Å². The highest BCUT2D eigenvalue weighted by atomic mass is 79.9. The minimum atomic E-state index is 0.474. The molecule has 0 radical (unpaired) electrons. The molecule has 0 aliphatic carbocycles. The summed E-state index contributed by atoms with van der Waals surface area (Å²) in [6.45, 7) is 7.77. The Morgan fingerprint density at radius 1 is 1.24 bits per heavy atom. The molecule has 1 atom stereocenters. The second-order valence-electron chi connectivity index (χ2n) is 4.31. The SMILES string of the molecule is CCNC(CC(CC)CC)c1cc(Br)sc1Br. The smallest absolute Gasteiger partial charge is 0.0758 e. The topological polar surface area (TPSA) is 12.0 Å². The van der Waals surface area contributed by atoms with E-state index in [0.29, 0.717) is 6.04 Å². The van der Waals surface area contributed by atoms with Gasteiger partial charge in [-0.3, -0.25) is 0 Å². The molecule has 0 aliphatic heterocycles. The first kappa shape index (κ1) is 15.7. The molecule has 0 saturated carbocycles. The normalized spacial score (nSPS) is 13.3. The summed E-state index contributed by atoms with van der Waals surface area (Å²) in [4.78, 5) is 0. The molecule has 0 fully saturated rings. The van der Waals surface area contributed by atoms with Gasteiger partial charge in [-0.15, -0.1) is 11.3 Å². The Bertz CT molecular complexity index is 334. The van der Waals surface area contributed by atoms with Crippen LogP contribution >= 0.6 is 43.2 Å². The van der Waals surface area contributed by atoms with Crippen molar-refractivity contribution >= 4 is 43.2 Å². The summed E-state index contributed by atoms with van der Waals surface area (Å²) in [7, 11) is 0. The molecule has 98 valence electrons. The van der Waals surface area contributed by atoms with Crippen LogP contribution in [0.5, 0.6) is 0 Å². The summed E-state index contributed by atoms with van der Waals surface area (Å²) in [6.07, 6.45) is 3.76. The molecule has 0 bridgehead atoms. The summed E-state index contributed by atoms with van der Waals surface area (Å²) >= 11 is 8.99. The van der Waals surface area contributed by atoms with Crippen LogP contribution in [-0.4, -0.2) is 6.54 Å². The van der Waals surface area contributed by atoms with E-state index in [2.05, 4.69) is 64.0 Å². The van der Waals surface area contributed by atoms with E-state index in [1.54, 1.807) is 11.3 Å². The zero-order valence-corrected chi connectivity index (χ0v) is 14.7. The molecular weight excluding hydrogens is 362 g/mol. The first-order valence-electron chi connectivity index (χ1n) is 6.30. The maximum absolute atomic E-state index is 3.67. The highest BCUT2D eigenvalue weighted by molar-refractivity contribution is 9.12. The average Bonchev–Trinajstić information content (AvgIpc) is 2.64. The Kier molecular flexibility index (Phi) is 7.31. The van der Waals surface area contributed by atoms with E-state index in [4.69, 9.17) is 0 Å². The van der Waals surface area contributed by atoms with E-state index in [-0.39, 0.29) is 0 Å². The molecule has 1 unspecified atom stereocenters. The van der Waals surface area contributed by atoms with Crippen molar-refractivity contribution in [1.82, 2.24) is 5.32 Å². The van der Waals surface area contributed by atoms with Crippen molar-refractivity contribution < 1.29 is 0 Å². The Morgan fingerprint density at radius 3 is 2.29 bits per heavy atom. The van der Waals surface area contributed by atoms with Crippen molar-refractivity contribution in [1.29, 1.82) is 0 Å². The van der Waals surface area contributed by atoms with Crippen LogP contribution in [-0.2, 0) is 0 Å². The molecule has 0 saturated heterocycles. The van der Waals surface area contributed by atoms with Crippen LogP contribution in [0.15, 0.2) is 13.6 Å². The molecule has 1 aromatic rings. The van der Waals surface area contributed by atoms with E-state index in [0.717, 1.165) is 12.5 Å². The number of nitrogens with one attached hydrogen (secondary N) is 1. The molecule has 17 heavy (non-hydrogen) atoms. The van der Waals surface area contributed by atoms with Crippen LogP contribution in [0.2, 0.25) is 0 Å². The van der Waals surface area contributed by atoms with E-state index < -0.39 is 0 Å². The van der Waals surface area contributed by atoms with Gasteiger partial charge in [0.25, 0.3) is 0 Å². The number of hydrogen-bond acceptors (Lipinski definition) is 2. The van der Waals surface area contributed by atoms with Gasteiger partial charge in [0, 0.05) is 6.04 Å². The molecule has 0 aromatic carbocycles. The number of halogens is 2. The maximum atomic E-state index is 3.67. The molecule has 0 spiro atoms. The Labute approximate surface area is 126 Å². The predicted molar refractivity (Wildman–Crippen MR) is 84.8 cm³/mol. The van der Waals surface area contributed by atoms with Gasteiger partial charge < -0.3 is 5.32 Å². The van der Waals surface area contributed by atoms with Crippen LogP contribution in [0.25, 0.3) is 0 Å². The van der Waals surface area contributed by atoms with Gasteiger partial charge in [-0.1, -0.05) is 33.6 Å². The van der Waals surface area contributed by atoms with Gasteiger partial charge in [0.05, 0.1) is 7.57 Å². The standard InChI is InChI=1S/C13H21Br2NS/c1-4-9(5-2)7-11(16-6-3)10-8-12(14)17-13(10)15/h8-9,11,16H,4-7H2,1-3H3. The number of rotatable bonds is 7. The molecule has 4 heteroatoms. The van der Waals surface area contributed by atoms with Gasteiger partial charge in [-0.05, 0) is 62.4 Å². The molecule has 0 amide bonds. The summed E-state index contributed by atoms with van der Waals surface area (Å²) in [5.41, 5.74) is 1.40. The molecule has 1 N–H and O–H groups in total. The van der Waals surface area contributed by atoms with Gasteiger partial charge in [0.15, 0.2) is 0 Å².